The Morgan fingerprint density at radius 3 is 2.24 bits per heavy atom. The second-order valence-electron chi connectivity index (χ2n) is 4.44. The van der Waals surface area contributed by atoms with Gasteiger partial charge in [-0.2, -0.15) is 0 Å². The monoisotopic (exact) mass is 331 g/mol. The van der Waals surface area contributed by atoms with Gasteiger partial charge in [0.25, 0.3) is 0 Å². The maximum Gasteiger partial charge on any atom is 0.175 e. The van der Waals surface area contributed by atoms with Crippen molar-refractivity contribution in [3.8, 4) is 0 Å². The van der Waals surface area contributed by atoms with Crippen LogP contribution in [0.5, 0.6) is 0 Å². The van der Waals surface area contributed by atoms with Crippen molar-refractivity contribution in [2.45, 2.75) is 11.4 Å². The average molecular weight is 332 g/mol. The third-order valence-corrected chi connectivity index (χ3v) is 4.42. The van der Waals surface area contributed by atoms with Crippen LogP contribution in [0.3, 0.4) is 0 Å². The minimum absolute atomic E-state index is 0.0271. The summed E-state index contributed by atoms with van der Waals surface area (Å²) in [4.78, 5) is 0.0271. The molecule has 0 aromatic heterocycles. The molecule has 112 valence electrons. The molecule has 0 fully saturated rings. The Morgan fingerprint density at radius 2 is 1.67 bits per heavy atom. The maximum atomic E-state index is 13.5. The van der Waals surface area contributed by atoms with Gasteiger partial charge in [0.15, 0.2) is 9.84 Å². The zero-order valence-corrected chi connectivity index (χ0v) is 12.6. The van der Waals surface area contributed by atoms with E-state index in [1.807, 2.05) is 0 Å². The van der Waals surface area contributed by atoms with Crippen LogP contribution >= 0.6 is 11.6 Å². The molecule has 7 heteroatoms. The van der Waals surface area contributed by atoms with Crippen LogP contribution in [0.25, 0.3) is 0 Å². The van der Waals surface area contributed by atoms with Crippen LogP contribution in [0, 0.1) is 11.6 Å². The van der Waals surface area contributed by atoms with Crippen molar-refractivity contribution >= 4 is 27.1 Å². The standard InChI is InChI=1S/C14H12ClF2NO2S/c1-21(19,20)13-7-2-4-10(15)9(13)8-18-14-11(16)5-3-6-12(14)17/h2-7,18H,8H2,1H3. The van der Waals surface area contributed by atoms with Gasteiger partial charge < -0.3 is 5.32 Å². The van der Waals surface area contributed by atoms with Crippen molar-refractivity contribution in [2.24, 2.45) is 0 Å². The molecular formula is C14H12ClF2NO2S. The number of nitrogens with one attached hydrogen (secondary N) is 1. The van der Waals surface area contributed by atoms with Gasteiger partial charge in [-0.05, 0) is 24.3 Å². The number of sulfone groups is 1. The fourth-order valence-corrected chi connectivity index (χ4v) is 3.15. The molecule has 1 N–H and O–H groups in total. The molecule has 0 bridgehead atoms. The van der Waals surface area contributed by atoms with E-state index in [1.54, 1.807) is 0 Å². The van der Waals surface area contributed by atoms with Crippen LogP contribution in [0.4, 0.5) is 14.5 Å². The number of benzene rings is 2. The molecule has 2 aromatic carbocycles. The molecule has 3 nitrogen and oxygen atoms in total. The Balaban J connectivity index is 2.37. The summed E-state index contributed by atoms with van der Waals surface area (Å²) < 4.78 is 50.5. The Kier molecular flexibility index (Phi) is 4.49. The second-order valence-corrected chi connectivity index (χ2v) is 6.83. The number of halogens is 3. The molecular weight excluding hydrogens is 320 g/mol. The van der Waals surface area contributed by atoms with Crippen LogP contribution in [-0.4, -0.2) is 14.7 Å². The van der Waals surface area contributed by atoms with Crippen molar-refractivity contribution in [3.63, 3.8) is 0 Å². The van der Waals surface area contributed by atoms with Crippen LogP contribution in [0.15, 0.2) is 41.3 Å². The third-order valence-electron chi connectivity index (χ3n) is 2.88. The van der Waals surface area contributed by atoms with E-state index >= 15 is 0 Å². The van der Waals surface area contributed by atoms with Gasteiger partial charge in [0.05, 0.1) is 4.90 Å². The molecule has 0 amide bonds. The highest BCUT2D eigenvalue weighted by Crippen LogP contribution is 2.26. The summed E-state index contributed by atoms with van der Waals surface area (Å²) in [5.41, 5.74) is -0.0545. The molecule has 0 spiro atoms. The number of hydrogen-bond acceptors (Lipinski definition) is 3. The molecule has 0 unspecified atom stereocenters. The summed E-state index contributed by atoms with van der Waals surface area (Å²) in [5, 5.41) is 2.76. The normalized spacial score (nSPS) is 11.4. The largest absolute Gasteiger partial charge is 0.376 e. The van der Waals surface area contributed by atoms with E-state index in [9.17, 15) is 17.2 Å². The van der Waals surface area contributed by atoms with Crippen LogP contribution in [-0.2, 0) is 16.4 Å². The van der Waals surface area contributed by atoms with Gasteiger partial charge in [-0.1, -0.05) is 23.7 Å². The second kappa shape index (κ2) is 5.99. The summed E-state index contributed by atoms with van der Waals surface area (Å²) in [5.74, 6) is -1.52. The van der Waals surface area contributed by atoms with Crippen molar-refractivity contribution in [1.29, 1.82) is 0 Å². The molecule has 0 saturated carbocycles. The lowest BCUT2D eigenvalue weighted by Gasteiger charge is -2.13. The van der Waals surface area contributed by atoms with E-state index < -0.39 is 21.5 Å². The van der Waals surface area contributed by atoms with Gasteiger partial charge in [-0.25, -0.2) is 17.2 Å². The third kappa shape index (κ3) is 3.51. The SMILES string of the molecule is CS(=O)(=O)c1cccc(Cl)c1CNc1c(F)cccc1F. The van der Waals surface area contributed by atoms with Crippen LogP contribution < -0.4 is 5.32 Å². The first-order valence-corrected chi connectivity index (χ1v) is 8.23. The van der Waals surface area contributed by atoms with Crippen molar-refractivity contribution < 1.29 is 17.2 Å². The lowest BCUT2D eigenvalue weighted by molar-refractivity contribution is 0.588. The van der Waals surface area contributed by atoms with Gasteiger partial charge in [-0.15, -0.1) is 0 Å². The summed E-state index contributed by atoms with van der Waals surface area (Å²) in [6.45, 7) is -0.111. The van der Waals surface area contributed by atoms with Crippen molar-refractivity contribution in [2.75, 3.05) is 11.6 Å². The zero-order valence-electron chi connectivity index (χ0n) is 11.0. The Labute approximate surface area is 126 Å². The van der Waals surface area contributed by atoms with E-state index in [1.165, 1.54) is 24.3 Å². The van der Waals surface area contributed by atoms with Crippen molar-refractivity contribution in [3.05, 3.63) is 58.6 Å². The maximum absolute atomic E-state index is 13.5. The van der Waals surface area contributed by atoms with Crippen LogP contribution in [0.2, 0.25) is 5.02 Å². The smallest absolute Gasteiger partial charge is 0.175 e. The summed E-state index contributed by atoms with van der Waals surface area (Å²) in [6, 6.07) is 7.88. The first kappa shape index (κ1) is 15.7. The zero-order chi connectivity index (χ0) is 15.6. The van der Waals surface area contributed by atoms with Crippen LogP contribution in [0.1, 0.15) is 5.56 Å². The highest BCUT2D eigenvalue weighted by Gasteiger charge is 2.17. The molecule has 21 heavy (non-hydrogen) atoms. The molecule has 2 rings (SSSR count). The fraction of sp³-hybridized carbons (Fsp3) is 0.143. The van der Waals surface area contributed by atoms with E-state index in [-0.39, 0.29) is 27.7 Å². The summed E-state index contributed by atoms with van der Waals surface area (Å²) >= 11 is 5.99. The number of para-hydroxylation sites is 1. The number of rotatable bonds is 4. The molecule has 0 aliphatic rings. The highest BCUT2D eigenvalue weighted by molar-refractivity contribution is 7.90. The predicted octanol–water partition coefficient (Wildman–Crippen LogP) is 3.63. The first-order valence-electron chi connectivity index (χ1n) is 5.96. The number of hydrogen-bond donors (Lipinski definition) is 1. The molecule has 0 saturated heterocycles. The van der Waals surface area contributed by atoms with Gasteiger partial charge in [0, 0.05) is 23.4 Å². The summed E-state index contributed by atoms with van der Waals surface area (Å²) in [6.07, 6.45) is 1.05. The molecule has 2 aromatic rings. The lowest BCUT2D eigenvalue weighted by atomic mass is 10.2. The van der Waals surface area contributed by atoms with Crippen molar-refractivity contribution in [1.82, 2.24) is 0 Å². The van der Waals surface area contributed by atoms with E-state index in [0.29, 0.717) is 0 Å². The molecule has 0 aliphatic carbocycles. The molecule has 0 aliphatic heterocycles. The van der Waals surface area contributed by atoms with Gasteiger partial charge in [-0.3, -0.25) is 0 Å². The molecule has 0 atom stereocenters. The Bertz CT molecular complexity index is 758. The topological polar surface area (TPSA) is 46.2 Å². The molecule has 0 heterocycles. The Hall–Kier alpha value is -1.66. The quantitative estimate of drug-likeness (QED) is 0.930. The minimum Gasteiger partial charge on any atom is -0.376 e. The van der Waals surface area contributed by atoms with Gasteiger partial charge >= 0.3 is 0 Å². The fourth-order valence-electron chi connectivity index (χ4n) is 1.90. The minimum atomic E-state index is -3.49. The predicted molar refractivity (Wildman–Crippen MR) is 78.2 cm³/mol. The average Bonchev–Trinajstić information content (AvgIpc) is 2.38. The lowest BCUT2D eigenvalue weighted by Crippen LogP contribution is -2.09. The highest BCUT2D eigenvalue weighted by atomic mass is 35.5. The van der Waals surface area contributed by atoms with Gasteiger partial charge in [0.2, 0.25) is 0 Å². The van der Waals surface area contributed by atoms with Gasteiger partial charge in [0.1, 0.15) is 17.3 Å². The molecule has 0 radical (unpaired) electrons. The van der Waals surface area contributed by atoms with E-state index in [4.69, 9.17) is 11.6 Å². The number of anilines is 1. The van der Waals surface area contributed by atoms with E-state index in [2.05, 4.69) is 5.32 Å². The Morgan fingerprint density at radius 1 is 1.10 bits per heavy atom. The van der Waals surface area contributed by atoms with E-state index in [0.717, 1.165) is 18.4 Å². The summed E-state index contributed by atoms with van der Waals surface area (Å²) in [7, 11) is -3.49. The first-order chi connectivity index (χ1) is 9.80.